The predicted octanol–water partition coefficient (Wildman–Crippen LogP) is 12.3. The first-order valence-corrected chi connectivity index (χ1v) is 21.6. The third kappa shape index (κ3) is 25.7. The molecule has 0 bridgehead atoms. The Hall–Kier alpha value is 0.0400. The van der Waals surface area contributed by atoms with E-state index in [1.165, 1.54) is 154 Å². The van der Waals surface area contributed by atoms with Crippen molar-refractivity contribution in [1.29, 1.82) is 0 Å². The highest BCUT2D eigenvalue weighted by atomic mass is 32.2. The van der Waals surface area contributed by atoms with Gasteiger partial charge in [-0.1, -0.05) is 156 Å². The van der Waals surface area contributed by atoms with Crippen LogP contribution in [0.4, 0.5) is 0 Å². The lowest BCUT2D eigenvalue weighted by Gasteiger charge is -2.23. The fourth-order valence-electron chi connectivity index (χ4n) is 5.58. The van der Waals surface area contributed by atoms with Crippen LogP contribution in [0.2, 0.25) is 0 Å². The summed E-state index contributed by atoms with van der Waals surface area (Å²) in [6.07, 6.45) is 32.3. The van der Waals surface area contributed by atoms with Crippen LogP contribution in [-0.4, -0.2) is 33.2 Å². The normalized spacial score (nSPS) is 12.1. The van der Waals surface area contributed by atoms with Gasteiger partial charge in [0, 0.05) is 12.8 Å². The molecule has 0 aromatic rings. The van der Waals surface area contributed by atoms with Gasteiger partial charge in [0.25, 0.3) is 0 Å². The van der Waals surface area contributed by atoms with Gasteiger partial charge in [-0.2, -0.15) is 21.8 Å². The van der Waals surface area contributed by atoms with E-state index in [1.807, 2.05) is 0 Å². The molecule has 0 atom stereocenters. The molecular weight excluding hydrogens is 529 g/mol. The molecule has 0 aliphatic carbocycles. The summed E-state index contributed by atoms with van der Waals surface area (Å²) in [4.78, 5) is 26.8. The summed E-state index contributed by atoms with van der Waals surface area (Å²) in [6.45, 7) is 9.08. The van der Waals surface area contributed by atoms with Crippen molar-refractivity contribution < 1.29 is 9.59 Å². The summed E-state index contributed by atoms with van der Waals surface area (Å²) in [6, 6.07) is 0. The van der Waals surface area contributed by atoms with Crippen LogP contribution >= 0.6 is 21.8 Å². The minimum Gasteiger partial charge on any atom is -0.289 e. The first-order valence-electron chi connectivity index (χ1n) is 18.2. The molecular formula is C36H74O2S2. The second-order valence-corrected chi connectivity index (χ2v) is 17.3. The van der Waals surface area contributed by atoms with E-state index in [0.717, 1.165) is 23.0 Å². The van der Waals surface area contributed by atoms with Crippen LogP contribution in [-0.2, 0) is 9.59 Å². The van der Waals surface area contributed by atoms with Gasteiger partial charge >= 0.3 is 0 Å². The van der Waals surface area contributed by atoms with Crippen LogP contribution < -0.4 is 0 Å². The quantitative estimate of drug-likeness (QED) is 0.0611. The number of thiol groups is 2. The lowest BCUT2D eigenvalue weighted by atomic mass is 10.1. The summed E-state index contributed by atoms with van der Waals surface area (Å²) in [5, 5.41) is 0.944. The van der Waals surface area contributed by atoms with Crippen LogP contribution in [0.25, 0.3) is 0 Å². The first-order chi connectivity index (χ1) is 19.6. The van der Waals surface area contributed by atoms with E-state index in [2.05, 4.69) is 27.7 Å². The summed E-state index contributed by atoms with van der Waals surface area (Å²) in [7, 11) is -1.09. The summed E-state index contributed by atoms with van der Waals surface area (Å²) < 4.78 is 0. The van der Waals surface area contributed by atoms with Crippen molar-refractivity contribution in [2.24, 2.45) is 0 Å². The average Bonchev–Trinajstić information content (AvgIpc) is 2.96. The second-order valence-electron chi connectivity index (χ2n) is 12.3. The van der Waals surface area contributed by atoms with Crippen molar-refractivity contribution >= 4 is 32.0 Å². The zero-order chi connectivity index (χ0) is 29.5. The van der Waals surface area contributed by atoms with Gasteiger partial charge in [0.15, 0.2) is 10.2 Å². The van der Waals surface area contributed by atoms with Crippen LogP contribution in [0.5, 0.6) is 0 Å². The zero-order valence-corrected chi connectivity index (χ0v) is 29.7. The Morgan fingerprint density at radius 2 is 0.525 bits per heavy atom. The third-order valence-corrected chi connectivity index (χ3v) is 13.7. The number of hydrogen-bond acceptors (Lipinski definition) is 2. The van der Waals surface area contributed by atoms with Gasteiger partial charge in [0.2, 0.25) is 0 Å². The van der Waals surface area contributed by atoms with Crippen molar-refractivity contribution in [1.82, 2.24) is 0 Å². The molecule has 0 saturated heterocycles. The van der Waals surface area contributed by atoms with Gasteiger partial charge in [-0.05, 0) is 48.7 Å². The van der Waals surface area contributed by atoms with E-state index < -0.39 is 21.8 Å². The highest BCUT2D eigenvalue weighted by Crippen LogP contribution is 2.36. The predicted molar refractivity (Wildman–Crippen MR) is 190 cm³/mol. The number of rotatable bonds is 31. The summed E-state index contributed by atoms with van der Waals surface area (Å²) in [5.41, 5.74) is 0. The molecule has 0 aliphatic heterocycles. The van der Waals surface area contributed by atoms with Crippen LogP contribution in [0, 0.1) is 0 Å². The molecule has 0 N–H and O–H groups in total. The van der Waals surface area contributed by atoms with Crippen molar-refractivity contribution in [3.8, 4) is 0 Å². The fourth-order valence-corrected chi connectivity index (χ4v) is 10.3. The van der Waals surface area contributed by atoms with Gasteiger partial charge in [-0.15, -0.1) is 0 Å². The average molecular weight is 603 g/mol. The van der Waals surface area contributed by atoms with Gasteiger partial charge in [0.05, 0.1) is 0 Å². The smallest absolute Gasteiger partial charge is 0.169 e. The fraction of sp³-hybridized carbons (Fsp3) is 0.944. The molecule has 0 saturated carbocycles. The Morgan fingerprint density at radius 1 is 0.325 bits per heavy atom. The molecule has 0 spiro atoms. The maximum absolute atomic E-state index is 13.4. The van der Waals surface area contributed by atoms with Gasteiger partial charge < -0.3 is 0 Å². The van der Waals surface area contributed by atoms with Gasteiger partial charge in [-0.25, -0.2) is 0 Å². The third-order valence-electron chi connectivity index (χ3n) is 8.38. The van der Waals surface area contributed by atoms with E-state index in [0.29, 0.717) is 23.1 Å². The Labute approximate surface area is 258 Å². The van der Waals surface area contributed by atoms with Gasteiger partial charge in [-0.3, -0.25) is 9.59 Å². The molecule has 0 rings (SSSR count). The lowest BCUT2D eigenvalue weighted by Crippen LogP contribution is -2.12. The SMILES string of the molecule is CCCCCCCC[SH](CCCCCCCC)C(=O)CCC(=O)[SH](CCCCCCCC)CCCCCCCC. The Kier molecular flexibility index (Phi) is 32.0. The van der Waals surface area contributed by atoms with E-state index in [-0.39, 0.29) is 0 Å². The number of carbonyl (C=O) groups excluding carboxylic acids is 2. The Morgan fingerprint density at radius 3 is 0.750 bits per heavy atom. The van der Waals surface area contributed by atoms with E-state index >= 15 is 0 Å². The van der Waals surface area contributed by atoms with Crippen molar-refractivity contribution in [3.05, 3.63) is 0 Å². The molecule has 2 nitrogen and oxygen atoms in total. The topological polar surface area (TPSA) is 34.1 Å². The zero-order valence-electron chi connectivity index (χ0n) is 27.9. The molecule has 0 heterocycles. The highest BCUT2D eigenvalue weighted by molar-refractivity contribution is 8.30. The largest absolute Gasteiger partial charge is 0.289 e. The molecule has 0 aliphatic rings. The van der Waals surface area contributed by atoms with E-state index in [9.17, 15) is 9.59 Å². The minimum atomic E-state index is -0.544. The first kappa shape index (κ1) is 40.0. The number of unbranched alkanes of at least 4 members (excludes halogenated alkanes) is 20. The molecule has 40 heavy (non-hydrogen) atoms. The molecule has 0 aromatic carbocycles. The second kappa shape index (κ2) is 32.0. The Balaban J connectivity index is 4.76. The van der Waals surface area contributed by atoms with Crippen molar-refractivity contribution in [2.75, 3.05) is 23.0 Å². The lowest BCUT2D eigenvalue weighted by molar-refractivity contribution is -0.115. The number of hydrogen-bond donors (Lipinski definition) is 2. The summed E-state index contributed by atoms with van der Waals surface area (Å²) >= 11 is 0. The maximum Gasteiger partial charge on any atom is 0.169 e. The van der Waals surface area contributed by atoms with Crippen LogP contribution in [0.1, 0.15) is 195 Å². The molecule has 0 amide bonds. The molecule has 4 heteroatoms. The highest BCUT2D eigenvalue weighted by Gasteiger charge is 2.19. The van der Waals surface area contributed by atoms with Crippen molar-refractivity contribution in [2.45, 2.75) is 195 Å². The minimum absolute atomic E-state index is 0.472. The van der Waals surface area contributed by atoms with Crippen LogP contribution in [0.3, 0.4) is 0 Å². The standard InChI is InChI=1S/C36H74O2S2/c1-5-9-13-17-21-25-31-39(32-26-22-18-14-10-6-2)35(37)29-30-36(38)40(33-27-23-19-15-11-7-3)34-28-24-20-16-12-8-4/h39-40H,5-34H2,1-4H3. The molecule has 0 unspecified atom stereocenters. The van der Waals surface area contributed by atoms with Crippen molar-refractivity contribution in [3.63, 3.8) is 0 Å². The monoisotopic (exact) mass is 603 g/mol. The molecule has 0 aromatic heterocycles. The maximum atomic E-state index is 13.4. The molecule has 0 radical (unpaired) electrons. The van der Waals surface area contributed by atoms with E-state index in [4.69, 9.17) is 0 Å². The Bertz CT molecular complexity index is 471. The number of carbonyl (C=O) groups is 2. The van der Waals surface area contributed by atoms with E-state index in [1.54, 1.807) is 0 Å². The molecule has 0 fully saturated rings. The van der Waals surface area contributed by atoms with Gasteiger partial charge in [0.1, 0.15) is 0 Å². The van der Waals surface area contributed by atoms with Crippen LogP contribution in [0.15, 0.2) is 0 Å². The summed E-state index contributed by atoms with van der Waals surface area (Å²) in [5.74, 6) is 4.48. The molecule has 242 valence electrons.